The van der Waals surface area contributed by atoms with Gasteiger partial charge < -0.3 is 10.2 Å². The predicted molar refractivity (Wildman–Crippen MR) is 94.2 cm³/mol. The maximum absolute atomic E-state index is 4.61. The molecule has 0 atom stereocenters. The zero-order valence-electron chi connectivity index (χ0n) is 13.3. The van der Waals surface area contributed by atoms with Gasteiger partial charge in [-0.05, 0) is 37.1 Å². The van der Waals surface area contributed by atoms with Crippen LogP contribution in [0.15, 0.2) is 55.1 Å². The van der Waals surface area contributed by atoms with Crippen molar-refractivity contribution in [3.8, 4) is 11.4 Å². The smallest absolute Gasteiger partial charge is 0.150 e. The van der Waals surface area contributed by atoms with Gasteiger partial charge in [0.15, 0.2) is 5.82 Å². The summed E-state index contributed by atoms with van der Waals surface area (Å²) in [6.07, 6.45) is 9.49. The minimum Gasteiger partial charge on any atom is -0.371 e. The molecule has 3 aromatic rings. The molecular weight excluding hydrogens is 300 g/mol. The third-order valence-corrected chi connectivity index (χ3v) is 4.03. The molecule has 1 fully saturated rings. The van der Waals surface area contributed by atoms with E-state index in [1.807, 2.05) is 24.4 Å². The normalized spacial score (nSPS) is 13.9. The minimum absolute atomic E-state index is 0.652. The summed E-state index contributed by atoms with van der Waals surface area (Å²) in [6.45, 7) is 2.22. The highest BCUT2D eigenvalue weighted by Crippen LogP contribution is 2.24. The Bertz CT molecular complexity index is 815. The van der Waals surface area contributed by atoms with Gasteiger partial charge in [0.1, 0.15) is 11.5 Å². The molecule has 0 radical (unpaired) electrons. The van der Waals surface area contributed by atoms with Gasteiger partial charge in [0.05, 0.1) is 18.1 Å². The second-order valence-corrected chi connectivity index (χ2v) is 5.72. The molecule has 0 saturated carbocycles. The highest BCUT2D eigenvalue weighted by Gasteiger charge is 2.13. The number of anilines is 3. The molecule has 120 valence electrons. The summed E-state index contributed by atoms with van der Waals surface area (Å²) in [4.78, 5) is 20.0. The SMILES string of the molecule is c1ccc(Nc2cncc(-c3cc(N4CCCC4)ccn3)n2)nc1. The molecule has 1 saturated heterocycles. The lowest BCUT2D eigenvalue weighted by molar-refractivity contribution is 0.949. The number of pyridine rings is 2. The van der Waals surface area contributed by atoms with Crippen LogP contribution >= 0.6 is 0 Å². The van der Waals surface area contributed by atoms with E-state index in [1.165, 1.54) is 18.5 Å². The number of rotatable bonds is 4. The molecule has 1 N–H and O–H groups in total. The molecule has 4 rings (SSSR count). The quantitative estimate of drug-likeness (QED) is 0.796. The van der Waals surface area contributed by atoms with Gasteiger partial charge in [0.25, 0.3) is 0 Å². The summed E-state index contributed by atoms with van der Waals surface area (Å²) in [5.41, 5.74) is 2.77. The number of hydrogen-bond donors (Lipinski definition) is 1. The summed E-state index contributed by atoms with van der Waals surface area (Å²) in [6, 6.07) is 9.83. The van der Waals surface area contributed by atoms with Crippen LogP contribution in [0.25, 0.3) is 11.4 Å². The third-order valence-electron chi connectivity index (χ3n) is 4.03. The molecule has 0 unspecified atom stereocenters. The first-order valence-electron chi connectivity index (χ1n) is 8.10. The van der Waals surface area contributed by atoms with Gasteiger partial charge in [0, 0.05) is 31.2 Å². The van der Waals surface area contributed by atoms with E-state index in [0.717, 1.165) is 30.3 Å². The number of aromatic nitrogens is 4. The second-order valence-electron chi connectivity index (χ2n) is 5.72. The van der Waals surface area contributed by atoms with E-state index < -0.39 is 0 Å². The standard InChI is InChI=1S/C18H18N6/c1-2-7-21-17(5-1)23-18-13-19-12-16(22-18)15-11-14(6-8-20-15)24-9-3-4-10-24/h1-2,5-8,11-13H,3-4,9-10H2,(H,21,22,23). The Labute approximate surface area is 140 Å². The van der Waals surface area contributed by atoms with Crippen molar-refractivity contribution in [1.82, 2.24) is 19.9 Å². The van der Waals surface area contributed by atoms with Crippen LogP contribution in [0.3, 0.4) is 0 Å². The van der Waals surface area contributed by atoms with E-state index >= 15 is 0 Å². The van der Waals surface area contributed by atoms with Crippen molar-refractivity contribution in [2.24, 2.45) is 0 Å². The zero-order chi connectivity index (χ0) is 16.2. The molecule has 6 nitrogen and oxygen atoms in total. The maximum atomic E-state index is 4.61. The molecule has 0 amide bonds. The van der Waals surface area contributed by atoms with Crippen LogP contribution in [0.1, 0.15) is 12.8 Å². The first kappa shape index (κ1) is 14.6. The van der Waals surface area contributed by atoms with Crippen LogP contribution in [0, 0.1) is 0 Å². The Balaban J connectivity index is 1.60. The van der Waals surface area contributed by atoms with Crippen molar-refractivity contribution in [2.45, 2.75) is 12.8 Å². The topological polar surface area (TPSA) is 66.8 Å². The van der Waals surface area contributed by atoms with E-state index in [4.69, 9.17) is 0 Å². The van der Waals surface area contributed by atoms with Crippen LogP contribution in [0.4, 0.5) is 17.3 Å². The van der Waals surface area contributed by atoms with Crippen LogP contribution in [0.2, 0.25) is 0 Å². The lowest BCUT2D eigenvalue weighted by atomic mass is 10.2. The van der Waals surface area contributed by atoms with Crippen molar-refractivity contribution in [3.05, 3.63) is 55.1 Å². The largest absolute Gasteiger partial charge is 0.371 e. The van der Waals surface area contributed by atoms with E-state index in [1.54, 1.807) is 18.6 Å². The summed E-state index contributed by atoms with van der Waals surface area (Å²) in [5.74, 6) is 1.39. The molecule has 0 aliphatic carbocycles. The fraction of sp³-hybridized carbons (Fsp3) is 0.222. The van der Waals surface area contributed by atoms with E-state index in [0.29, 0.717) is 5.82 Å². The van der Waals surface area contributed by atoms with Crippen molar-refractivity contribution < 1.29 is 0 Å². The summed E-state index contributed by atoms with van der Waals surface area (Å²) in [5, 5.41) is 3.16. The zero-order valence-corrected chi connectivity index (χ0v) is 13.3. The molecular formula is C18H18N6. The van der Waals surface area contributed by atoms with Crippen molar-refractivity contribution >= 4 is 17.3 Å². The van der Waals surface area contributed by atoms with Crippen LogP contribution in [-0.2, 0) is 0 Å². The predicted octanol–water partition coefficient (Wildman–Crippen LogP) is 3.28. The Morgan fingerprint density at radius 1 is 0.875 bits per heavy atom. The van der Waals surface area contributed by atoms with Gasteiger partial charge in [-0.2, -0.15) is 0 Å². The van der Waals surface area contributed by atoms with Gasteiger partial charge in [-0.3, -0.25) is 9.97 Å². The molecule has 1 aliphatic heterocycles. The number of nitrogens with one attached hydrogen (secondary N) is 1. The highest BCUT2D eigenvalue weighted by atomic mass is 15.1. The highest BCUT2D eigenvalue weighted by molar-refractivity contribution is 5.63. The van der Waals surface area contributed by atoms with Gasteiger partial charge in [-0.25, -0.2) is 9.97 Å². The fourth-order valence-corrected chi connectivity index (χ4v) is 2.85. The average molecular weight is 318 g/mol. The molecule has 6 heteroatoms. The Kier molecular flexibility index (Phi) is 4.02. The van der Waals surface area contributed by atoms with Crippen molar-refractivity contribution in [1.29, 1.82) is 0 Å². The van der Waals surface area contributed by atoms with Gasteiger partial charge >= 0.3 is 0 Å². The molecule has 0 aromatic carbocycles. The lowest BCUT2D eigenvalue weighted by Crippen LogP contribution is -2.17. The average Bonchev–Trinajstić information content (AvgIpc) is 3.18. The first-order chi connectivity index (χ1) is 11.9. The minimum atomic E-state index is 0.652. The van der Waals surface area contributed by atoms with Gasteiger partial charge in [0.2, 0.25) is 0 Å². The lowest BCUT2D eigenvalue weighted by Gasteiger charge is -2.17. The number of hydrogen-bond acceptors (Lipinski definition) is 6. The van der Waals surface area contributed by atoms with Crippen molar-refractivity contribution in [3.63, 3.8) is 0 Å². The number of nitrogens with zero attached hydrogens (tertiary/aromatic N) is 5. The van der Waals surface area contributed by atoms with Crippen LogP contribution in [0.5, 0.6) is 0 Å². The van der Waals surface area contributed by atoms with Crippen molar-refractivity contribution in [2.75, 3.05) is 23.3 Å². The molecule has 4 heterocycles. The van der Waals surface area contributed by atoms with Gasteiger partial charge in [-0.15, -0.1) is 0 Å². The second kappa shape index (κ2) is 6.62. The van der Waals surface area contributed by atoms with E-state index in [2.05, 4.69) is 42.3 Å². The first-order valence-corrected chi connectivity index (χ1v) is 8.10. The van der Waals surface area contributed by atoms with E-state index in [-0.39, 0.29) is 0 Å². The maximum Gasteiger partial charge on any atom is 0.150 e. The molecule has 3 aromatic heterocycles. The van der Waals surface area contributed by atoms with E-state index in [9.17, 15) is 0 Å². The molecule has 0 bridgehead atoms. The summed E-state index contributed by atoms with van der Waals surface area (Å²) < 4.78 is 0. The third kappa shape index (κ3) is 3.17. The summed E-state index contributed by atoms with van der Waals surface area (Å²) in [7, 11) is 0. The van der Waals surface area contributed by atoms with Crippen LogP contribution < -0.4 is 10.2 Å². The van der Waals surface area contributed by atoms with Gasteiger partial charge in [-0.1, -0.05) is 6.07 Å². The molecule has 1 aliphatic rings. The Morgan fingerprint density at radius 2 is 1.79 bits per heavy atom. The van der Waals surface area contributed by atoms with Crippen LogP contribution in [-0.4, -0.2) is 33.0 Å². The summed E-state index contributed by atoms with van der Waals surface area (Å²) >= 11 is 0. The fourth-order valence-electron chi connectivity index (χ4n) is 2.85. The monoisotopic (exact) mass is 318 g/mol. The molecule has 0 spiro atoms. The Hall–Kier alpha value is -3.02. The Morgan fingerprint density at radius 3 is 2.62 bits per heavy atom. The molecule has 24 heavy (non-hydrogen) atoms.